The highest BCUT2D eigenvalue weighted by Crippen LogP contribution is 2.18. The normalized spacial score (nSPS) is 10.9. The standard InChI is InChI=1S/C11H14FNO/c1-13(2)11-6-5-9(4-3-7-14)8-10(11)12/h3-6,8,14H,7H2,1-2H3/b4-3+. The van der Waals surface area contributed by atoms with Gasteiger partial charge in [-0.25, -0.2) is 4.39 Å². The zero-order valence-corrected chi connectivity index (χ0v) is 8.37. The van der Waals surface area contributed by atoms with Crippen LogP contribution in [-0.4, -0.2) is 25.8 Å². The molecule has 3 heteroatoms. The molecule has 0 aromatic heterocycles. The quantitative estimate of drug-likeness (QED) is 0.796. The average Bonchev–Trinajstić information content (AvgIpc) is 2.14. The fourth-order valence-electron chi connectivity index (χ4n) is 1.18. The van der Waals surface area contributed by atoms with Crippen LogP contribution in [0.15, 0.2) is 24.3 Å². The number of rotatable bonds is 3. The van der Waals surface area contributed by atoms with E-state index in [-0.39, 0.29) is 12.4 Å². The summed E-state index contributed by atoms with van der Waals surface area (Å²) in [5, 5.41) is 8.55. The largest absolute Gasteiger partial charge is 0.392 e. The number of benzene rings is 1. The third kappa shape index (κ3) is 2.57. The number of anilines is 1. The minimum atomic E-state index is -0.255. The first kappa shape index (κ1) is 10.7. The van der Waals surface area contributed by atoms with E-state index in [4.69, 9.17) is 5.11 Å². The van der Waals surface area contributed by atoms with Crippen molar-refractivity contribution in [2.75, 3.05) is 25.6 Å². The van der Waals surface area contributed by atoms with Gasteiger partial charge in [0, 0.05) is 14.1 Å². The zero-order valence-electron chi connectivity index (χ0n) is 8.37. The highest BCUT2D eigenvalue weighted by molar-refractivity contribution is 5.56. The lowest BCUT2D eigenvalue weighted by Gasteiger charge is -2.13. The predicted molar refractivity (Wildman–Crippen MR) is 56.8 cm³/mol. The van der Waals surface area contributed by atoms with E-state index >= 15 is 0 Å². The van der Waals surface area contributed by atoms with E-state index in [1.165, 1.54) is 6.07 Å². The van der Waals surface area contributed by atoms with E-state index in [1.54, 1.807) is 37.2 Å². The van der Waals surface area contributed by atoms with Gasteiger partial charge in [0.15, 0.2) is 0 Å². The first-order valence-electron chi connectivity index (χ1n) is 4.39. The summed E-state index contributed by atoms with van der Waals surface area (Å²) < 4.78 is 13.4. The molecule has 0 fully saturated rings. The number of nitrogens with zero attached hydrogens (tertiary/aromatic N) is 1. The van der Waals surface area contributed by atoms with Crippen LogP contribution in [0.4, 0.5) is 10.1 Å². The molecule has 1 N–H and O–H groups in total. The van der Waals surface area contributed by atoms with Gasteiger partial charge in [0.2, 0.25) is 0 Å². The molecule has 2 nitrogen and oxygen atoms in total. The lowest BCUT2D eigenvalue weighted by atomic mass is 10.2. The Morgan fingerprint density at radius 2 is 2.14 bits per heavy atom. The number of aliphatic hydroxyl groups excluding tert-OH is 1. The Hall–Kier alpha value is -1.35. The maximum atomic E-state index is 13.4. The van der Waals surface area contributed by atoms with Crippen molar-refractivity contribution >= 4 is 11.8 Å². The zero-order chi connectivity index (χ0) is 10.6. The summed E-state index contributed by atoms with van der Waals surface area (Å²) in [6, 6.07) is 4.97. The van der Waals surface area contributed by atoms with Crippen LogP contribution < -0.4 is 4.90 Å². The van der Waals surface area contributed by atoms with E-state index in [2.05, 4.69) is 0 Å². The maximum absolute atomic E-state index is 13.4. The molecule has 14 heavy (non-hydrogen) atoms. The molecule has 1 rings (SSSR count). The molecule has 0 saturated carbocycles. The number of hydrogen-bond donors (Lipinski definition) is 1. The highest BCUT2D eigenvalue weighted by Gasteiger charge is 2.03. The van der Waals surface area contributed by atoms with Crippen molar-refractivity contribution in [2.24, 2.45) is 0 Å². The summed E-state index contributed by atoms with van der Waals surface area (Å²) in [5.41, 5.74) is 1.31. The fourth-order valence-corrected chi connectivity index (χ4v) is 1.18. The molecule has 0 bridgehead atoms. The third-order valence-electron chi connectivity index (χ3n) is 1.87. The van der Waals surface area contributed by atoms with Crippen LogP contribution in [0, 0.1) is 5.82 Å². The molecule has 0 atom stereocenters. The van der Waals surface area contributed by atoms with E-state index in [0.717, 1.165) is 5.56 Å². The Balaban J connectivity index is 2.94. The van der Waals surface area contributed by atoms with Gasteiger partial charge in [-0.3, -0.25) is 0 Å². The molecule has 0 heterocycles. The van der Waals surface area contributed by atoms with Crippen LogP contribution in [0.3, 0.4) is 0 Å². The third-order valence-corrected chi connectivity index (χ3v) is 1.87. The monoisotopic (exact) mass is 195 g/mol. The predicted octanol–water partition coefficient (Wildman–Crippen LogP) is 1.90. The lowest BCUT2D eigenvalue weighted by Crippen LogP contribution is -2.10. The topological polar surface area (TPSA) is 23.5 Å². The molecule has 0 aliphatic carbocycles. The van der Waals surface area contributed by atoms with Crippen molar-refractivity contribution in [2.45, 2.75) is 0 Å². The molecule has 0 aliphatic rings. The molecule has 76 valence electrons. The molecular formula is C11H14FNO. The van der Waals surface area contributed by atoms with Crippen molar-refractivity contribution in [3.8, 4) is 0 Å². The van der Waals surface area contributed by atoms with E-state index in [0.29, 0.717) is 5.69 Å². The number of halogens is 1. The molecule has 0 spiro atoms. The van der Waals surface area contributed by atoms with Crippen molar-refractivity contribution in [1.82, 2.24) is 0 Å². The summed E-state index contributed by atoms with van der Waals surface area (Å²) in [6.45, 7) is -0.0307. The maximum Gasteiger partial charge on any atom is 0.147 e. The smallest absolute Gasteiger partial charge is 0.147 e. The van der Waals surface area contributed by atoms with E-state index in [1.807, 2.05) is 6.07 Å². The highest BCUT2D eigenvalue weighted by atomic mass is 19.1. The number of hydrogen-bond acceptors (Lipinski definition) is 2. The van der Waals surface area contributed by atoms with Gasteiger partial charge in [0.25, 0.3) is 0 Å². The van der Waals surface area contributed by atoms with Gasteiger partial charge in [-0.2, -0.15) is 0 Å². The van der Waals surface area contributed by atoms with E-state index in [9.17, 15) is 4.39 Å². The van der Waals surface area contributed by atoms with Gasteiger partial charge in [0.1, 0.15) is 5.82 Å². The van der Waals surface area contributed by atoms with Gasteiger partial charge in [0.05, 0.1) is 12.3 Å². The fraction of sp³-hybridized carbons (Fsp3) is 0.273. The molecule has 0 aliphatic heterocycles. The van der Waals surface area contributed by atoms with Crippen LogP contribution in [-0.2, 0) is 0 Å². The first-order chi connectivity index (χ1) is 6.65. The average molecular weight is 195 g/mol. The summed E-state index contributed by atoms with van der Waals surface area (Å²) in [5.74, 6) is -0.255. The lowest BCUT2D eigenvalue weighted by molar-refractivity contribution is 0.343. The molecule has 1 aromatic rings. The SMILES string of the molecule is CN(C)c1ccc(/C=C/CO)cc1F. The molecule has 0 amide bonds. The second-order valence-corrected chi connectivity index (χ2v) is 3.19. The van der Waals surface area contributed by atoms with Gasteiger partial charge >= 0.3 is 0 Å². The second kappa shape index (κ2) is 4.77. The molecule has 0 unspecified atom stereocenters. The van der Waals surface area contributed by atoms with Crippen LogP contribution in [0.1, 0.15) is 5.56 Å². The summed E-state index contributed by atoms with van der Waals surface area (Å²) in [4.78, 5) is 1.72. The minimum Gasteiger partial charge on any atom is -0.392 e. The second-order valence-electron chi connectivity index (χ2n) is 3.19. The van der Waals surface area contributed by atoms with Gasteiger partial charge < -0.3 is 10.0 Å². The summed E-state index contributed by atoms with van der Waals surface area (Å²) >= 11 is 0. The number of aliphatic hydroxyl groups is 1. The Labute approximate surface area is 83.3 Å². The van der Waals surface area contributed by atoms with Gasteiger partial charge in [-0.1, -0.05) is 18.2 Å². The molecule has 1 aromatic carbocycles. The van der Waals surface area contributed by atoms with Crippen LogP contribution in [0.5, 0.6) is 0 Å². The molecular weight excluding hydrogens is 181 g/mol. The van der Waals surface area contributed by atoms with E-state index < -0.39 is 0 Å². The van der Waals surface area contributed by atoms with Crippen molar-refractivity contribution in [3.63, 3.8) is 0 Å². The van der Waals surface area contributed by atoms with Gasteiger partial charge in [-0.05, 0) is 17.7 Å². The summed E-state index contributed by atoms with van der Waals surface area (Å²) in [7, 11) is 3.59. The Morgan fingerprint density at radius 1 is 1.43 bits per heavy atom. The van der Waals surface area contributed by atoms with Gasteiger partial charge in [-0.15, -0.1) is 0 Å². The van der Waals surface area contributed by atoms with Crippen LogP contribution in [0.2, 0.25) is 0 Å². The van der Waals surface area contributed by atoms with Crippen molar-refractivity contribution in [3.05, 3.63) is 35.7 Å². The Bertz CT molecular complexity index is 334. The van der Waals surface area contributed by atoms with Crippen LogP contribution >= 0.6 is 0 Å². The first-order valence-corrected chi connectivity index (χ1v) is 4.39. The minimum absolute atomic E-state index is 0.0307. The molecule has 0 saturated heterocycles. The van der Waals surface area contributed by atoms with Crippen molar-refractivity contribution < 1.29 is 9.50 Å². The van der Waals surface area contributed by atoms with Crippen molar-refractivity contribution in [1.29, 1.82) is 0 Å². The molecule has 0 radical (unpaired) electrons. The Morgan fingerprint density at radius 3 is 2.64 bits per heavy atom. The van der Waals surface area contributed by atoms with Crippen LogP contribution in [0.25, 0.3) is 6.08 Å². The summed E-state index contributed by atoms with van der Waals surface area (Å²) in [6.07, 6.45) is 3.26. The Kier molecular flexibility index (Phi) is 3.65.